The van der Waals surface area contributed by atoms with Gasteiger partial charge in [0.1, 0.15) is 0 Å². The number of fused-ring (bicyclic) bond motifs is 9. The van der Waals surface area contributed by atoms with E-state index >= 15 is 0 Å². The number of para-hydroxylation sites is 1. The zero-order chi connectivity index (χ0) is 52.7. The van der Waals surface area contributed by atoms with E-state index in [1.807, 2.05) is 0 Å². The first-order valence-electron chi connectivity index (χ1n) is 27.6. The van der Waals surface area contributed by atoms with Crippen molar-refractivity contribution in [1.82, 2.24) is 0 Å². The number of benzene rings is 13. The molecule has 15 rings (SSSR count). The third kappa shape index (κ3) is 7.38. The average molecular weight is 1010 g/mol. The second kappa shape index (κ2) is 18.4. The second-order valence-electron chi connectivity index (χ2n) is 21.9. The Morgan fingerprint density at radius 3 is 1.32 bits per heavy atom. The maximum atomic E-state index is 2.53. The van der Waals surface area contributed by atoms with Crippen LogP contribution in [0.15, 0.2) is 297 Å². The van der Waals surface area contributed by atoms with E-state index in [1.165, 1.54) is 111 Å². The van der Waals surface area contributed by atoms with Crippen LogP contribution in [0.5, 0.6) is 0 Å². The van der Waals surface area contributed by atoms with Gasteiger partial charge in [0.15, 0.2) is 0 Å². The van der Waals surface area contributed by atoms with Gasteiger partial charge in [-0.15, -0.1) is 0 Å². The van der Waals surface area contributed by atoms with Crippen LogP contribution in [0.4, 0.5) is 17.1 Å². The van der Waals surface area contributed by atoms with E-state index in [0.29, 0.717) is 0 Å². The summed E-state index contributed by atoms with van der Waals surface area (Å²) < 4.78 is 0. The largest absolute Gasteiger partial charge is 0.310 e. The van der Waals surface area contributed by atoms with Crippen molar-refractivity contribution in [2.45, 2.75) is 24.7 Å². The second-order valence-corrected chi connectivity index (χ2v) is 21.9. The highest BCUT2D eigenvalue weighted by molar-refractivity contribution is 6.14. The molecule has 13 aromatic carbocycles. The molecule has 0 N–H and O–H groups in total. The minimum atomic E-state index is -0.623. The van der Waals surface area contributed by atoms with E-state index in [1.54, 1.807) is 0 Å². The number of hydrogen-bond acceptors (Lipinski definition) is 1. The first-order chi connectivity index (χ1) is 38.9. The van der Waals surface area contributed by atoms with Gasteiger partial charge in [0, 0.05) is 22.4 Å². The molecule has 372 valence electrons. The molecule has 2 aliphatic rings. The summed E-state index contributed by atoms with van der Waals surface area (Å²) in [4.78, 5) is 2.53. The number of anilines is 3. The predicted octanol–water partition coefficient (Wildman–Crippen LogP) is 20.8. The van der Waals surface area contributed by atoms with Gasteiger partial charge in [-0.05, 0) is 165 Å². The minimum absolute atomic E-state index is 0.298. The Labute approximate surface area is 463 Å². The Kier molecular flexibility index (Phi) is 10.8. The molecule has 0 bridgehead atoms. The topological polar surface area (TPSA) is 3.24 Å². The number of rotatable bonds is 9. The van der Waals surface area contributed by atoms with Crippen molar-refractivity contribution in [1.29, 1.82) is 0 Å². The van der Waals surface area contributed by atoms with Crippen molar-refractivity contribution >= 4 is 38.6 Å². The highest BCUT2D eigenvalue weighted by Crippen LogP contribution is 2.59. The molecule has 0 unspecified atom stereocenters. The molecule has 0 atom stereocenters. The lowest BCUT2D eigenvalue weighted by Gasteiger charge is -2.35. The smallest absolute Gasteiger partial charge is 0.0714 e. The molecular formula is C78H55N. The highest BCUT2D eigenvalue weighted by atomic mass is 15.1. The maximum Gasteiger partial charge on any atom is 0.0714 e. The highest BCUT2D eigenvalue weighted by Gasteiger charge is 2.47. The Bertz CT molecular complexity index is 4440. The van der Waals surface area contributed by atoms with Crippen LogP contribution < -0.4 is 4.90 Å². The minimum Gasteiger partial charge on any atom is -0.310 e. The lowest BCUT2D eigenvalue weighted by atomic mass is 9.67. The summed E-state index contributed by atoms with van der Waals surface area (Å²) in [5.41, 5.74) is 24.8. The lowest BCUT2D eigenvalue weighted by molar-refractivity contribution is 0.660. The van der Waals surface area contributed by atoms with E-state index in [9.17, 15) is 0 Å². The van der Waals surface area contributed by atoms with Crippen LogP contribution in [0.2, 0.25) is 0 Å². The quantitative estimate of drug-likeness (QED) is 0.130. The normalized spacial score (nSPS) is 13.4. The van der Waals surface area contributed by atoms with Crippen molar-refractivity contribution in [2.75, 3.05) is 4.90 Å². The molecule has 1 nitrogen and oxygen atoms in total. The number of nitrogens with zero attached hydrogens (tertiary/aromatic N) is 1. The van der Waals surface area contributed by atoms with Crippen molar-refractivity contribution in [3.05, 3.63) is 331 Å². The van der Waals surface area contributed by atoms with Gasteiger partial charge in [0.25, 0.3) is 0 Å². The van der Waals surface area contributed by atoms with E-state index in [2.05, 4.69) is 316 Å². The van der Waals surface area contributed by atoms with E-state index in [0.717, 1.165) is 28.2 Å². The van der Waals surface area contributed by atoms with Gasteiger partial charge in [-0.3, -0.25) is 0 Å². The third-order valence-electron chi connectivity index (χ3n) is 17.3. The summed E-state index contributed by atoms with van der Waals surface area (Å²) in [6.07, 6.45) is 0. The molecule has 13 aromatic rings. The van der Waals surface area contributed by atoms with Crippen molar-refractivity contribution in [3.63, 3.8) is 0 Å². The molecule has 0 radical (unpaired) electrons. The van der Waals surface area contributed by atoms with Crippen LogP contribution in [-0.4, -0.2) is 0 Å². The zero-order valence-electron chi connectivity index (χ0n) is 44.2. The molecule has 0 amide bonds. The molecule has 0 saturated heterocycles. The van der Waals surface area contributed by atoms with Gasteiger partial charge in [0.2, 0.25) is 0 Å². The molecule has 79 heavy (non-hydrogen) atoms. The van der Waals surface area contributed by atoms with Crippen LogP contribution in [0.1, 0.15) is 47.2 Å². The lowest BCUT2D eigenvalue weighted by Crippen LogP contribution is -2.29. The van der Waals surface area contributed by atoms with Crippen LogP contribution >= 0.6 is 0 Å². The maximum absolute atomic E-state index is 2.53. The van der Waals surface area contributed by atoms with Gasteiger partial charge in [-0.1, -0.05) is 263 Å². The number of hydrogen-bond donors (Lipinski definition) is 0. The SMILES string of the molecule is CC1(C)c2cc(-c3cc4ccccc4c4ccccc34)ccc2-c2ccc(N(c3ccc4c(c3)C(c3ccccc3)(c3ccccc3)c3cc(-c5ccccc5)ccc3-4)c3ccccc3-c3ccc(-c4ccccc4)cc3)cc21. The van der Waals surface area contributed by atoms with Gasteiger partial charge in [0.05, 0.1) is 11.1 Å². The molecule has 0 fully saturated rings. The molecule has 0 spiro atoms. The molecule has 1 heteroatoms. The van der Waals surface area contributed by atoms with Crippen molar-refractivity contribution in [2.24, 2.45) is 0 Å². The monoisotopic (exact) mass is 1010 g/mol. The summed E-state index contributed by atoms with van der Waals surface area (Å²) in [5, 5.41) is 5.11. The molecule has 0 aliphatic heterocycles. The Balaban J connectivity index is 0.933. The first kappa shape index (κ1) is 46.5. The average Bonchev–Trinajstić information content (AvgIpc) is 3.61. The van der Waals surface area contributed by atoms with Gasteiger partial charge >= 0.3 is 0 Å². The van der Waals surface area contributed by atoms with E-state index in [-0.39, 0.29) is 5.41 Å². The Morgan fingerprint density at radius 2 is 0.671 bits per heavy atom. The summed E-state index contributed by atoms with van der Waals surface area (Å²) >= 11 is 0. The van der Waals surface area contributed by atoms with Crippen LogP contribution in [0.25, 0.3) is 88.3 Å². The van der Waals surface area contributed by atoms with Gasteiger partial charge in [-0.25, -0.2) is 0 Å². The standard InChI is InChI=1S/C78H55N/c1-77(2)72-49-58(71-47-57-25-15-16-30-63(57)65-32-17-18-33-66(65)71)40-44-67(72)68-45-41-61(50-73(68)77)79(76-34-20-19-31-64(76)55-37-35-54(36-38-55)52-21-7-3-8-22-52)62-42-46-70-69-43-39-56(53-23-9-4-10-24-53)48-74(69)78(75(70)51-62,59-26-11-5-12-27-59)60-28-13-6-14-29-60/h3-51H,1-2H3. The van der Waals surface area contributed by atoms with Crippen molar-refractivity contribution < 1.29 is 0 Å². The van der Waals surface area contributed by atoms with Crippen LogP contribution in [0, 0.1) is 0 Å². The predicted molar refractivity (Wildman–Crippen MR) is 333 cm³/mol. The fraction of sp³-hybridized carbons (Fsp3) is 0.0513. The molecule has 0 heterocycles. The summed E-state index contributed by atoms with van der Waals surface area (Å²) in [5.74, 6) is 0. The van der Waals surface area contributed by atoms with E-state index < -0.39 is 5.41 Å². The van der Waals surface area contributed by atoms with Crippen molar-refractivity contribution in [3.8, 4) is 66.8 Å². The summed E-state index contributed by atoms with van der Waals surface area (Å²) in [6.45, 7) is 4.83. The molecular weight excluding hydrogens is 951 g/mol. The molecule has 0 saturated carbocycles. The van der Waals surface area contributed by atoms with Crippen LogP contribution in [0.3, 0.4) is 0 Å². The molecule has 0 aromatic heterocycles. The fourth-order valence-electron chi connectivity index (χ4n) is 13.6. The molecule has 2 aliphatic carbocycles. The summed E-state index contributed by atoms with van der Waals surface area (Å²) in [6, 6.07) is 111. The first-order valence-corrected chi connectivity index (χ1v) is 27.6. The fourth-order valence-corrected chi connectivity index (χ4v) is 13.6. The Morgan fingerprint density at radius 1 is 0.253 bits per heavy atom. The Hall–Kier alpha value is -9.82. The van der Waals surface area contributed by atoms with Crippen LogP contribution in [-0.2, 0) is 10.8 Å². The third-order valence-corrected chi connectivity index (χ3v) is 17.3. The van der Waals surface area contributed by atoms with Gasteiger partial charge in [-0.2, -0.15) is 0 Å². The van der Waals surface area contributed by atoms with Gasteiger partial charge < -0.3 is 4.90 Å². The summed E-state index contributed by atoms with van der Waals surface area (Å²) in [7, 11) is 0. The van der Waals surface area contributed by atoms with E-state index in [4.69, 9.17) is 0 Å². The zero-order valence-corrected chi connectivity index (χ0v) is 44.2.